The summed E-state index contributed by atoms with van der Waals surface area (Å²) in [7, 11) is 0. The molecule has 3 aliphatic carbocycles. The van der Waals surface area contributed by atoms with E-state index in [1.807, 2.05) is 6.92 Å². The van der Waals surface area contributed by atoms with Gasteiger partial charge >= 0.3 is 0 Å². The topological polar surface area (TPSA) is 37.3 Å². The van der Waals surface area contributed by atoms with Gasteiger partial charge < -0.3 is 5.11 Å². The van der Waals surface area contributed by atoms with E-state index in [1.165, 1.54) is 0 Å². The van der Waals surface area contributed by atoms with Crippen LogP contribution in [0.3, 0.4) is 0 Å². The highest BCUT2D eigenvalue weighted by Crippen LogP contribution is 2.58. The summed E-state index contributed by atoms with van der Waals surface area (Å²) in [5.41, 5.74) is -0.397. The Kier molecular flexibility index (Phi) is 2.04. The molecule has 0 radical (unpaired) electrons. The van der Waals surface area contributed by atoms with Crippen LogP contribution in [0.25, 0.3) is 0 Å². The van der Waals surface area contributed by atoms with Gasteiger partial charge in [0, 0.05) is 17.4 Å². The van der Waals surface area contributed by atoms with Crippen LogP contribution in [-0.2, 0) is 4.79 Å². The molecule has 3 saturated carbocycles. The first kappa shape index (κ1) is 10.2. The molecular formula is C12H20O2. The maximum absolute atomic E-state index is 12.3. The molecule has 0 aromatic carbocycles. The first-order chi connectivity index (χ1) is 6.43. The largest absolute Gasteiger partial charge is 0.396 e. The number of rotatable bonds is 1. The molecule has 0 aromatic heterocycles. The van der Waals surface area contributed by atoms with E-state index in [-0.39, 0.29) is 23.4 Å². The van der Waals surface area contributed by atoms with Crippen molar-refractivity contribution in [2.45, 2.75) is 40.0 Å². The molecule has 3 rings (SSSR count). The van der Waals surface area contributed by atoms with Crippen molar-refractivity contribution in [3.05, 3.63) is 0 Å². The first-order valence-electron chi connectivity index (χ1n) is 5.58. The molecule has 3 aliphatic rings. The van der Waals surface area contributed by atoms with Crippen molar-refractivity contribution in [2.75, 3.05) is 6.61 Å². The van der Waals surface area contributed by atoms with Gasteiger partial charge in [-0.25, -0.2) is 0 Å². The van der Waals surface area contributed by atoms with Gasteiger partial charge in [0.15, 0.2) is 0 Å². The molecule has 0 spiro atoms. The predicted molar refractivity (Wildman–Crippen MR) is 54.8 cm³/mol. The number of carbonyl (C=O) groups excluding carboxylic acids is 1. The van der Waals surface area contributed by atoms with Crippen LogP contribution in [0.5, 0.6) is 0 Å². The summed E-state index contributed by atoms with van der Waals surface area (Å²) in [5.74, 6) is 1.09. The third-order valence-electron chi connectivity index (χ3n) is 4.83. The number of Topliss-reactive ketones (excluding diaryl/α,β-unsaturated/α-hetero) is 1. The van der Waals surface area contributed by atoms with E-state index in [2.05, 4.69) is 13.8 Å². The standard InChI is InChI=1S/C12H20O2/c1-11(2)8-4-5-12(3,10(11)14)9(6-8)7-13/h8-9,13H,4-7H2,1-3H3. The Hall–Kier alpha value is -0.370. The number of hydrogen-bond donors (Lipinski definition) is 1. The van der Waals surface area contributed by atoms with Gasteiger partial charge in [0.1, 0.15) is 5.78 Å². The zero-order chi connectivity index (χ0) is 10.6. The van der Waals surface area contributed by atoms with Crippen LogP contribution < -0.4 is 0 Å². The van der Waals surface area contributed by atoms with Crippen molar-refractivity contribution >= 4 is 5.78 Å². The normalized spacial score (nSPS) is 45.6. The van der Waals surface area contributed by atoms with Crippen LogP contribution in [0.4, 0.5) is 0 Å². The highest BCUT2D eigenvalue weighted by molar-refractivity contribution is 5.91. The van der Waals surface area contributed by atoms with Gasteiger partial charge in [0.2, 0.25) is 0 Å². The molecular weight excluding hydrogens is 176 g/mol. The molecule has 3 atom stereocenters. The van der Waals surface area contributed by atoms with E-state index < -0.39 is 0 Å². The van der Waals surface area contributed by atoms with Crippen molar-refractivity contribution in [3.8, 4) is 0 Å². The van der Waals surface area contributed by atoms with E-state index in [4.69, 9.17) is 0 Å². The number of hydrogen-bond acceptors (Lipinski definition) is 2. The van der Waals surface area contributed by atoms with Gasteiger partial charge in [-0.15, -0.1) is 0 Å². The minimum Gasteiger partial charge on any atom is -0.396 e. The van der Waals surface area contributed by atoms with Crippen molar-refractivity contribution in [1.29, 1.82) is 0 Å². The molecule has 0 aliphatic heterocycles. The molecule has 2 heteroatoms. The van der Waals surface area contributed by atoms with Gasteiger partial charge in [-0.05, 0) is 31.1 Å². The summed E-state index contributed by atoms with van der Waals surface area (Å²) in [6, 6.07) is 0. The highest BCUT2D eigenvalue weighted by Gasteiger charge is 2.58. The lowest BCUT2D eigenvalue weighted by Crippen LogP contribution is -2.57. The van der Waals surface area contributed by atoms with E-state index in [1.54, 1.807) is 0 Å². The minimum absolute atomic E-state index is 0.154. The third-order valence-corrected chi connectivity index (χ3v) is 4.83. The van der Waals surface area contributed by atoms with Gasteiger partial charge in [0.25, 0.3) is 0 Å². The number of aliphatic hydroxyl groups excluding tert-OH is 1. The Bertz CT molecular complexity index is 269. The van der Waals surface area contributed by atoms with Crippen LogP contribution in [0.15, 0.2) is 0 Å². The maximum Gasteiger partial charge on any atom is 0.144 e. The van der Waals surface area contributed by atoms with Crippen molar-refractivity contribution < 1.29 is 9.90 Å². The molecule has 1 N–H and O–H groups in total. The van der Waals surface area contributed by atoms with Crippen LogP contribution >= 0.6 is 0 Å². The highest BCUT2D eigenvalue weighted by atomic mass is 16.3. The summed E-state index contributed by atoms with van der Waals surface area (Å²) in [5, 5.41) is 9.31. The van der Waals surface area contributed by atoms with Gasteiger partial charge in [0.05, 0.1) is 0 Å². The van der Waals surface area contributed by atoms with E-state index in [0.717, 1.165) is 19.3 Å². The Morgan fingerprint density at radius 3 is 2.64 bits per heavy atom. The number of ketones is 1. The van der Waals surface area contributed by atoms with E-state index >= 15 is 0 Å². The van der Waals surface area contributed by atoms with Crippen LogP contribution in [0.2, 0.25) is 0 Å². The monoisotopic (exact) mass is 196 g/mol. The van der Waals surface area contributed by atoms with Crippen molar-refractivity contribution in [3.63, 3.8) is 0 Å². The number of aliphatic hydroxyl groups is 1. The fourth-order valence-electron chi connectivity index (χ4n) is 3.55. The predicted octanol–water partition coefficient (Wildman–Crippen LogP) is 2.01. The van der Waals surface area contributed by atoms with Crippen LogP contribution in [-0.4, -0.2) is 17.5 Å². The maximum atomic E-state index is 12.3. The van der Waals surface area contributed by atoms with Gasteiger partial charge in [-0.2, -0.15) is 0 Å². The quantitative estimate of drug-likeness (QED) is 0.696. The number of carbonyl (C=O) groups is 1. The number of fused-ring (bicyclic) bond motifs is 3. The SMILES string of the molecule is CC1(C)C(=O)C2(C)CCC1CC2CO. The lowest BCUT2D eigenvalue weighted by atomic mass is 9.47. The first-order valence-corrected chi connectivity index (χ1v) is 5.58. The molecule has 0 saturated heterocycles. The average molecular weight is 196 g/mol. The van der Waals surface area contributed by atoms with Crippen LogP contribution in [0, 0.1) is 22.7 Å². The Morgan fingerprint density at radius 1 is 1.43 bits per heavy atom. The van der Waals surface area contributed by atoms with Gasteiger partial charge in [-0.3, -0.25) is 4.79 Å². The second-order valence-corrected chi connectivity index (χ2v) is 5.82. The molecule has 80 valence electrons. The average Bonchev–Trinajstić information content (AvgIpc) is 2.14. The summed E-state index contributed by atoms with van der Waals surface area (Å²) in [6.45, 7) is 6.37. The fraction of sp³-hybridized carbons (Fsp3) is 0.917. The Morgan fingerprint density at radius 2 is 2.07 bits per heavy atom. The van der Waals surface area contributed by atoms with Crippen LogP contribution in [0.1, 0.15) is 40.0 Å². The second kappa shape index (κ2) is 2.82. The molecule has 3 fully saturated rings. The van der Waals surface area contributed by atoms with Crippen molar-refractivity contribution in [2.24, 2.45) is 22.7 Å². The molecule has 3 unspecified atom stereocenters. The summed E-state index contributed by atoms with van der Waals surface area (Å²) >= 11 is 0. The third kappa shape index (κ3) is 1.04. The zero-order valence-corrected chi connectivity index (χ0v) is 9.34. The fourth-order valence-corrected chi connectivity index (χ4v) is 3.55. The Labute approximate surface area is 85.7 Å². The lowest BCUT2D eigenvalue weighted by Gasteiger charge is -2.56. The van der Waals surface area contributed by atoms with Crippen molar-refractivity contribution in [1.82, 2.24) is 0 Å². The van der Waals surface area contributed by atoms with Gasteiger partial charge in [-0.1, -0.05) is 20.8 Å². The molecule has 0 amide bonds. The van der Waals surface area contributed by atoms with E-state index in [0.29, 0.717) is 11.7 Å². The molecule has 0 heterocycles. The second-order valence-electron chi connectivity index (χ2n) is 5.82. The molecule has 2 nitrogen and oxygen atoms in total. The lowest BCUT2D eigenvalue weighted by molar-refractivity contribution is -0.163. The van der Waals surface area contributed by atoms with E-state index in [9.17, 15) is 9.90 Å². The molecule has 2 bridgehead atoms. The minimum atomic E-state index is -0.243. The molecule has 14 heavy (non-hydrogen) atoms. The summed E-state index contributed by atoms with van der Waals surface area (Å²) in [6.07, 6.45) is 3.17. The smallest absolute Gasteiger partial charge is 0.144 e. The zero-order valence-electron chi connectivity index (χ0n) is 9.34. The Balaban J connectivity index is 2.38. The molecule has 0 aromatic rings. The summed E-state index contributed by atoms with van der Waals surface area (Å²) in [4.78, 5) is 12.3. The summed E-state index contributed by atoms with van der Waals surface area (Å²) < 4.78 is 0.